The molecule has 0 radical (unpaired) electrons. The van der Waals surface area contributed by atoms with Crippen molar-refractivity contribution in [1.82, 2.24) is 9.78 Å². The Morgan fingerprint density at radius 3 is 2.95 bits per heavy atom. The minimum atomic E-state index is -0.0488. The molecule has 20 heavy (non-hydrogen) atoms. The van der Waals surface area contributed by atoms with Crippen LogP contribution in [0.4, 0.5) is 5.69 Å². The molecule has 2 rings (SSSR count). The van der Waals surface area contributed by atoms with Gasteiger partial charge >= 0.3 is 0 Å². The van der Waals surface area contributed by atoms with Crippen LogP contribution in [-0.2, 0) is 6.54 Å². The Morgan fingerprint density at radius 1 is 1.55 bits per heavy atom. The van der Waals surface area contributed by atoms with Crippen molar-refractivity contribution in [1.29, 1.82) is 0 Å². The van der Waals surface area contributed by atoms with Gasteiger partial charge in [0.1, 0.15) is 4.47 Å². The Labute approximate surface area is 128 Å². The molecular weight excluding hydrogens is 320 g/mol. The van der Waals surface area contributed by atoms with E-state index in [1.165, 1.54) is 4.68 Å². The summed E-state index contributed by atoms with van der Waals surface area (Å²) < 4.78 is 2.13. The third-order valence-electron chi connectivity index (χ3n) is 4.16. The second-order valence-corrected chi connectivity index (χ2v) is 6.37. The molecule has 1 aromatic heterocycles. The van der Waals surface area contributed by atoms with Crippen LogP contribution in [0.25, 0.3) is 0 Å². The highest BCUT2D eigenvalue weighted by Gasteiger charge is 2.27. The van der Waals surface area contributed by atoms with Gasteiger partial charge < -0.3 is 10.6 Å². The molecule has 1 fully saturated rings. The van der Waals surface area contributed by atoms with Gasteiger partial charge in [0.15, 0.2) is 0 Å². The molecule has 0 aliphatic carbocycles. The molecule has 0 amide bonds. The van der Waals surface area contributed by atoms with Crippen LogP contribution in [0.2, 0.25) is 0 Å². The number of piperidine rings is 1. The second kappa shape index (κ2) is 6.72. The van der Waals surface area contributed by atoms with Crippen LogP contribution in [0.5, 0.6) is 0 Å². The quantitative estimate of drug-likeness (QED) is 0.906. The van der Waals surface area contributed by atoms with Gasteiger partial charge in [-0.25, -0.2) is 4.68 Å². The molecule has 2 unspecified atom stereocenters. The van der Waals surface area contributed by atoms with Crippen LogP contribution in [0, 0.1) is 11.8 Å². The number of hydrogen-bond acceptors (Lipinski definition) is 4. The van der Waals surface area contributed by atoms with Crippen LogP contribution in [0.1, 0.15) is 26.7 Å². The lowest BCUT2D eigenvalue weighted by atomic mass is 9.87. The summed E-state index contributed by atoms with van der Waals surface area (Å²) >= 11 is 3.45. The Hall–Kier alpha value is -0.880. The second-order valence-electron chi connectivity index (χ2n) is 5.58. The molecule has 1 aliphatic rings. The highest BCUT2D eigenvalue weighted by molar-refractivity contribution is 9.10. The van der Waals surface area contributed by atoms with E-state index in [9.17, 15) is 4.79 Å². The van der Waals surface area contributed by atoms with Gasteiger partial charge in [0, 0.05) is 19.6 Å². The SMILES string of the molecule is CCCn1ncc(N2CCC(C)C(CN)C2)c(Br)c1=O. The van der Waals surface area contributed by atoms with Gasteiger partial charge in [-0.2, -0.15) is 5.10 Å². The first kappa shape index (κ1) is 15.5. The van der Waals surface area contributed by atoms with Gasteiger partial charge in [-0.1, -0.05) is 13.8 Å². The Balaban J connectivity index is 2.25. The Morgan fingerprint density at radius 2 is 2.30 bits per heavy atom. The number of halogens is 1. The first-order chi connectivity index (χ1) is 9.58. The maximum atomic E-state index is 12.2. The largest absolute Gasteiger partial charge is 0.369 e. The molecule has 0 spiro atoms. The van der Waals surface area contributed by atoms with Crippen molar-refractivity contribution < 1.29 is 0 Å². The lowest BCUT2D eigenvalue weighted by molar-refractivity contribution is 0.307. The van der Waals surface area contributed by atoms with Crippen molar-refractivity contribution in [2.75, 3.05) is 24.5 Å². The van der Waals surface area contributed by atoms with Gasteiger partial charge in [0.2, 0.25) is 0 Å². The summed E-state index contributed by atoms with van der Waals surface area (Å²) in [7, 11) is 0. The fourth-order valence-corrected chi connectivity index (χ4v) is 3.28. The van der Waals surface area contributed by atoms with Crippen LogP contribution in [0.3, 0.4) is 0 Å². The van der Waals surface area contributed by atoms with Crippen molar-refractivity contribution >= 4 is 21.6 Å². The number of nitrogens with zero attached hydrogens (tertiary/aromatic N) is 3. The van der Waals surface area contributed by atoms with E-state index in [-0.39, 0.29) is 5.56 Å². The van der Waals surface area contributed by atoms with Crippen molar-refractivity contribution in [2.24, 2.45) is 17.6 Å². The summed E-state index contributed by atoms with van der Waals surface area (Å²) in [6.07, 6.45) is 3.80. The summed E-state index contributed by atoms with van der Waals surface area (Å²) in [5, 5.41) is 4.28. The highest BCUT2D eigenvalue weighted by Crippen LogP contribution is 2.29. The van der Waals surface area contributed by atoms with Crippen molar-refractivity contribution in [3.8, 4) is 0 Å². The van der Waals surface area contributed by atoms with Crippen LogP contribution in [-0.4, -0.2) is 29.4 Å². The summed E-state index contributed by atoms with van der Waals surface area (Å²) in [5.41, 5.74) is 6.69. The van der Waals surface area contributed by atoms with Crippen molar-refractivity contribution in [3.05, 3.63) is 21.0 Å². The van der Waals surface area contributed by atoms with E-state index in [0.29, 0.717) is 29.4 Å². The fraction of sp³-hybridized carbons (Fsp3) is 0.714. The first-order valence-electron chi connectivity index (χ1n) is 7.29. The molecule has 0 bridgehead atoms. The van der Waals surface area contributed by atoms with E-state index in [1.807, 2.05) is 6.92 Å². The van der Waals surface area contributed by atoms with Gasteiger partial charge in [-0.15, -0.1) is 0 Å². The molecule has 1 aliphatic heterocycles. The highest BCUT2D eigenvalue weighted by atomic mass is 79.9. The van der Waals surface area contributed by atoms with Crippen LogP contribution >= 0.6 is 15.9 Å². The fourth-order valence-electron chi connectivity index (χ4n) is 2.72. The zero-order valence-electron chi connectivity index (χ0n) is 12.2. The van der Waals surface area contributed by atoms with Crippen LogP contribution in [0.15, 0.2) is 15.5 Å². The smallest absolute Gasteiger partial charge is 0.283 e. The molecule has 1 aromatic rings. The van der Waals surface area contributed by atoms with Gasteiger partial charge in [-0.05, 0) is 47.2 Å². The molecule has 2 heterocycles. The number of aryl methyl sites for hydroxylation is 1. The van der Waals surface area contributed by atoms with E-state index in [1.54, 1.807) is 6.20 Å². The van der Waals surface area contributed by atoms with E-state index >= 15 is 0 Å². The Kier molecular flexibility index (Phi) is 5.21. The number of anilines is 1. The molecule has 0 saturated carbocycles. The molecular formula is C14H23BrN4O. The summed E-state index contributed by atoms with van der Waals surface area (Å²) in [5.74, 6) is 1.12. The zero-order valence-corrected chi connectivity index (χ0v) is 13.8. The third kappa shape index (κ3) is 3.06. The number of hydrogen-bond donors (Lipinski definition) is 1. The summed E-state index contributed by atoms with van der Waals surface area (Å²) in [4.78, 5) is 14.5. The molecule has 2 N–H and O–H groups in total. The number of nitrogens with two attached hydrogens (primary N) is 1. The standard InChI is InChI=1S/C14H23BrN4O/c1-3-5-19-14(20)13(15)12(8-17-19)18-6-4-10(2)11(7-16)9-18/h8,10-11H,3-7,9,16H2,1-2H3. The average molecular weight is 343 g/mol. The normalized spacial score (nSPS) is 23.1. The predicted molar refractivity (Wildman–Crippen MR) is 85.0 cm³/mol. The molecule has 0 aromatic carbocycles. The van der Waals surface area contributed by atoms with E-state index < -0.39 is 0 Å². The maximum absolute atomic E-state index is 12.2. The van der Waals surface area contributed by atoms with Crippen LogP contribution < -0.4 is 16.2 Å². The molecule has 6 heteroatoms. The summed E-state index contributed by atoms with van der Waals surface area (Å²) in [6, 6.07) is 0. The zero-order chi connectivity index (χ0) is 14.7. The molecule has 2 atom stereocenters. The topological polar surface area (TPSA) is 64.2 Å². The van der Waals surface area contributed by atoms with Crippen molar-refractivity contribution in [3.63, 3.8) is 0 Å². The average Bonchev–Trinajstić information content (AvgIpc) is 2.45. The van der Waals surface area contributed by atoms with E-state index in [2.05, 4.69) is 32.9 Å². The first-order valence-corrected chi connectivity index (χ1v) is 8.08. The van der Waals surface area contributed by atoms with E-state index in [0.717, 1.165) is 31.6 Å². The third-order valence-corrected chi connectivity index (χ3v) is 4.90. The minimum Gasteiger partial charge on any atom is -0.369 e. The molecule has 112 valence electrons. The van der Waals surface area contributed by atoms with Gasteiger partial charge in [0.05, 0.1) is 11.9 Å². The lowest BCUT2D eigenvalue weighted by Gasteiger charge is -2.38. The maximum Gasteiger partial charge on any atom is 0.283 e. The van der Waals surface area contributed by atoms with Gasteiger partial charge in [-0.3, -0.25) is 4.79 Å². The number of aromatic nitrogens is 2. The Bertz CT molecular complexity index is 516. The molecule has 1 saturated heterocycles. The van der Waals surface area contributed by atoms with Gasteiger partial charge in [0.25, 0.3) is 5.56 Å². The van der Waals surface area contributed by atoms with E-state index in [4.69, 9.17) is 5.73 Å². The minimum absolute atomic E-state index is 0.0488. The monoisotopic (exact) mass is 342 g/mol. The van der Waals surface area contributed by atoms with Crippen molar-refractivity contribution in [2.45, 2.75) is 33.2 Å². The number of rotatable bonds is 4. The predicted octanol–water partition coefficient (Wildman–Crippen LogP) is 1.84. The molecule has 5 nitrogen and oxygen atoms in total. The lowest BCUT2D eigenvalue weighted by Crippen LogP contribution is -2.43. The summed E-state index contributed by atoms with van der Waals surface area (Å²) in [6.45, 7) is 7.48.